The minimum absolute atomic E-state index is 0.261. The Morgan fingerprint density at radius 2 is 1.81 bits per heavy atom. The van der Waals surface area contributed by atoms with Gasteiger partial charge in [-0.1, -0.05) is 37.6 Å². The Morgan fingerprint density at radius 3 is 2.37 bits per heavy atom. The molecule has 3 rings (SSSR count). The molecule has 1 saturated heterocycles. The molecule has 1 aliphatic rings. The zero-order valence-corrected chi connectivity index (χ0v) is 16.2. The SMILES string of the molecule is CCCc1ccc([C@]2(C)NC(=O)N(CC(=O)c3cc(C)[nH]c3C)C2=O)cc1. The molecule has 0 spiro atoms. The summed E-state index contributed by atoms with van der Waals surface area (Å²) in [4.78, 5) is 42.1. The van der Waals surface area contributed by atoms with Crippen molar-refractivity contribution >= 4 is 17.7 Å². The third kappa shape index (κ3) is 3.39. The first-order chi connectivity index (χ1) is 12.8. The lowest BCUT2D eigenvalue weighted by molar-refractivity contribution is -0.130. The molecule has 0 unspecified atom stereocenters. The highest BCUT2D eigenvalue weighted by atomic mass is 16.2. The second-order valence-corrected chi connectivity index (χ2v) is 7.31. The van der Waals surface area contributed by atoms with Crippen molar-refractivity contribution in [1.29, 1.82) is 0 Å². The van der Waals surface area contributed by atoms with Crippen LogP contribution in [-0.2, 0) is 16.8 Å². The second kappa shape index (κ2) is 7.02. The molecule has 1 fully saturated rings. The Morgan fingerprint density at radius 1 is 1.15 bits per heavy atom. The number of H-pyrrole nitrogens is 1. The number of aryl methyl sites for hydroxylation is 3. The van der Waals surface area contributed by atoms with Gasteiger partial charge in [0, 0.05) is 17.0 Å². The van der Waals surface area contributed by atoms with E-state index in [9.17, 15) is 14.4 Å². The lowest BCUT2D eigenvalue weighted by Gasteiger charge is -2.22. The Hall–Kier alpha value is -2.89. The maximum atomic E-state index is 13.0. The number of aromatic amines is 1. The van der Waals surface area contributed by atoms with E-state index in [2.05, 4.69) is 17.2 Å². The highest BCUT2D eigenvalue weighted by Crippen LogP contribution is 2.29. The Labute approximate surface area is 159 Å². The molecule has 142 valence electrons. The van der Waals surface area contributed by atoms with E-state index in [0.717, 1.165) is 29.1 Å². The number of carbonyl (C=O) groups excluding carboxylic acids is 3. The third-order valence-electron chi connectivity index (χ3n) is 5.10. The summed E-state index contributed by atoms with van der Waals surface area (Å²) < 4.78 is 0. The van der Waals surface area contributed by atoms with E-state index in [4.69, 9.17) is 0 Å². The van der Waals surface area contributed by atoms with Crippen LogP contribution in [0.5, 0.6) is 0 Å². The van der Waals surface area contributed by atoms with Crippen LogP contribution in [0.15, 0.2) is 30.3 Å². The molecule has 1 atom stereocenters. The number of aromatic nitrogens is 1. The van der Waals surface area contributed by atoms with Crippen molar-refractivity contribution in [2.45, 2.75) is 46.1 Å². The van der Waals surface area contributed by atoms with Gasteiger partial charge in [0.05, 0.1) is 6.54 Å². The molecule has 2 aromatic rings. The zero-order chi connectivity index (χ0) is 19.8. The van der Waals surface area contributed by atoms with Gasteiger partial charge in [-0.15, -0.1) is 0 Å². The van der Waals surface area contributed by atoms with Crippen molar-refractivity contribution in [3.05, 3.63) is 58.4 Å². The number of rotatable bonds is 6. The predicted molar refractivity (Wildman–Crippen MR) is 103 cm³/mol. The molecular weight excluding hydrogens is 342 g/mol. The van der Waals surface area contributed by atoms with Gasteiger partial charge in [0.25, 0.3) is 5.91 Å². The van der Waals surface area contributed by atoms with Crippen LogP contribution in [0, 0.1) is 13.8 Å². The van der Waals surface area contributed by atoms with Crippen LogP contribution in [-0.4, -0.2) is 34.2 Å². The first-order valence-electron chi connectivity index (χ1n) is 9.19. The first kappa shape index (κ1) is 18.9. The standard InChI is InChI=1S/C21H25N3O3/c1-5-6-15-7-9-16(10-8-15)21(4)19(26)24(20(27)23-21)12-18(25)17-11-13(2)22-14(17)3/h7-11,22H,5-6,12H2,1-4H3,(H,23,27)/t21-/m0/s1. The topological polar surface area (TPSA) is 82.3 Å². The summed E-state index contributed by atoms with van der Waals surface area (Å²) in [7, 11) is 0. The largest absolute Gasteiger partial charge is 0.362 e. The molecule has 27 heavy (non-hydrogen) atoms. The van der Waals surface area contributed by atoms with Crippen LogP contribution in [0.25, 0.3) is 0 Å². The van der Waals surface area contributed by atoms with Gasteiger partial charge < -0.3 is 10.3 Å². The molecule has 0 radical (unpaired) electrons. The van der Waals surface area contributed by atoms with Gasteiger partial charge in [0.2, 0.25) is 0 Å². The third-order valence-corrected chi connectivity index (χ3v) is 5.10. The fraction of sp³-hybridized carbons (Fsp3) is 0.381. The minimum atomic E-state index is -1.16. The number of imide groups is 1. The van der Waals surface area contributed by atoms with Crippen LogP contribution < -0.4 is 5.32 Å². The van der Waals surface area contributed by atoms with Crippen LogP contribution in [0.4, 0.5) is 4.79 Å². The van der Waals surface area contributed by atoms with Crippen molar-refractivity contribution in [3.63, 3.8) is 0 Å². The second-order valence-electron chi connectivity index (χ2n) is 7.31. The lowest BCUT2D eigenvalue weighted by atomic mass is 9.91. The maximum absolute atomic E-state index is 13.0. The summed E-state index contributed by atoms with van der Waals surface area (Å²) in [5.74, 6) is -0.670. The fourth-order valence-electron chi connectivity index (χ4n) is 3.57. The quantitative estimate of drug-likeness (QED) is 0.607. The number of carbonyl (C=O) groups is 3. The molecule has 6 heteroatoms. The van der Waals surface area contributed by atoms with E-state index in [1.165, 1.54) is 5.56 Å². The number of Topliss-reactive ketones (excluding diaryl/α,β-unsaturated/α-hetero) is 1. The number of amides is 3. The molecule has 3 amide bonds. The van der Waals surface area contributed by atoms with Gasteiger partial charge >= 0.3 is 6.03 Å². The summed E-state index contributed by atoms with van der Waals surface area (Å²) in [6.07, 6.45) is 2.01. The summed E-state index contributed by atoms with van der Waals surface area (Å²) in [5.41, 5.74) is 2.84. The molecule has 1 aliphatic heterocycles. The lowest BCUT2D eigenvalue weighted by Crippen LogP contribution is -2.41. The van der Waals surface area contributed by atoms with Crippen molar-refractivity contribution in [3.8, 4) is 0 Å². The molecule has 1 aromatic carbocycles. The van der Waals surface area contributed by atoms with Crippen molar-refractivity contribution in [2.24, 2.45) is 0 Å². The van der Waals surface area contributed by atoms with Gasteiger partial charge in [-0.25, -0.2) is 4.79 Å². The summed E-state index contributed by atoms with van der Waals surface area (Å²) in [5, 5.41) is 2.75. The van der Waals surface area contributed by atoms with Crippen LogP contribution in [0.2, 0.25) is 0 Å². The molecule has 6 nitrogen and oxygen atoms in total. The highest BCUT2D eigenvalue weighted by Gasteiger charge is 2.49. The molecule has 0 bridgehead atoms. The number of ketones is 1. The maximum Gasteiger partial charge on any atom is 0.325 e. The van der Waals surface area contributed by atoms with E-state index in [1.54, 1.807) is 19.9 Å². The van der Waals surface area contributed by atoms with Gasteiger partial charge in [-0.3, -0.25) is 14.5 Å². The Balaban J connectivity index is 1.81. The van der Waals surface area contributed by atoms with E-state index >= 15 is 0 Å². The van der Waals surface area contributed by atoms with Crippen LogP contribution in [0.3, 0.4) is 0 Å². The average molecular weight is 367 g/mol. The summed E-state index contributed by atoms with van der Waals surface area (Å²) in [6, 6.07) is 8.88. The Bertz CT molecular complexity index is 898. The fourth-order valence-corrected chi connectivity index (χ4v) is 3.57. The first-order valence-corrected chi connectivity index (χ1v) is 9.19. The van der Waals surface area contributed by atoms with Crippen molar-refractivity contribution in [1.82, 2.24) is 15.2 Å². The van der Waals surface area contributed by atoms with E-state index in [0.29, 0.717) is 11.1 Å². The van der Waals surface area contributed by atoms with Crippen LogP contribution >= 0.6 is 0 Å². The smallest absolute Gasteiger partial charge is 0.325 e. The highest BCUT2D eigenvalue weighted by molar-refractivity contribution is 6.11. The molecule has 0 aliphatic carbocycles. The normalized spacial score (nSPS) is 19.5. The van der Waals surface area contributed by atoms with Crippen molar-refractivity contribution < 1.29 is 14.4 Å². The number of nitrogens with one attached hydrogen (secondary N) is 2. The minimum Gasteiger partial charge on any atom is -0.362 e. The number of nitrogens with zero attached hydrogens (tertiary/aromatic N) is 1. The van der Waals surface area contributed by atoms with Crippen LogP contribution in [0.1, 0.15) is 53.1 Å². The van der Waals surface area contributed by atoms with Gasteiger partial charge in [0.1, 0.15) is 5.54 Å². The van der Waals surface area contributed by atoms with E-state index in [-0.39, 0.29) is 12.3 Å². The van der Waals surface area contributed by atoms with Gasteiger partial charge in [-0.05, 0) is 44.4 Å². The van der Waals surface area contributed by atoms with Gasteiger partial charge in [-0.2, -0.15) is 0 Å². The molecule has 2 N–H and O–H groups in total. The molecular formula is C21H25N3O3. The summed E-state index contributed by atoms with van der Waals surface area (Å²) in [6.45, 7) is 7.17. The summed E-state index contributed by atoms with van der Waals surface area (Å²) >= 11 is 0. The number of hydrogen-bond acceptors (Lipinski definition) is 3. The average Bonchev–Trinajstić information content (AvgIpc) is 3.07. The molecule has 2 heterocycles. The number of hydrogen-bond donors (Lipinski definition) is 2. The molecule has 1 aromatic heterocycles. The zero-order valence-electron chi connectivity index (χ0n) is 16.2. The Kier molecular flexibility index (Phi) is 4.91. The predicted octanol–water partition coefficient (Wildman–Crippen LogP) is 3.23. The van der Waals surface area contributed by atoms with E-state index in [1.807, 2.05) is 31.2 Å². The molecule has 0 saturated carbocycles. The number of urea groups is 1. The monoisotopic (exact) mass is 367 g/mol. The van der Waals surface area contributed by atoms with E-state index < -0.39 is 17.5 Å². The number of benzene rings is 1. The van der Waals surface area contributed by atoms with Crippen molar-refractivity contribution in [2.75, 3.05) is 6.54 Å². The van der Waals surface area contributed by atoms with Gasteiger partial charge in [0.15, 0.2) is 5.78 Å².